The maximum absolute atomic E-state index is 11.3. The SMILES string of the molecule is CCCCCCCCCCCCc1c(C)oc(C(=O)O)c1C(=O)O. The van der Waals surface area contributed by atoms with E-state index in [9.17, 15) is 14.7 Å². The van der Waals surface area contributed by atoms with Crippen molar-refractivity contribution in [3.05, 3.63) is 22.6 Å². The summed E-state index contributed by atoms with van der Waals surface area (Å²) in [5, 5.41) is 18.3. The second-order valence-electron chi connectivity index (χ2n) is 6.38. The van der Waals surface area contributed by atoms with Crippen molar-refractivity contribution < 1.29 is 24.2 Å². The van der Waals surface area contributed by atoms with Crippen molar-refractivity contribution in [2.24, 2.45) is 0 Å². The summed E-state index contributed by atoms with van der Waals surface area (Å²) in [7, 11) is 0. The topological polar surface area (TPSA) is 87.7 Å². The van der Waals surface area contributed by atoms with Gasteiger partial charge in [-0.25, -0.2) is 9.59 Å². The van der Waals surface area contributed by atoms with Crippen LogP contribution in [0.5, 0.6) is 0 Å². The summed E-state index contributed by atoms with van der Waals surface area (Å²) in [4.78, 5) is 22.4. The van der Waals surface area contributed by atoms with Crippen LogP contribution >= 0.6 is 0 Å². The number of furan rings is 1. The second kappa shape index (κ2) is 10.9. The van der Waals surface area contributed by atoms with E-state index in [-0.39, 0.29) is 5.56 Å². The predicted octanol–water partition coefficient (Wildman–Crippen LogP) is 5.45. The molecule has 5 nitrogen and oxygen atoms in total. The molecule has 0 saturated carbocycles. The van der Waals surface area contributed by atoms with Gasteiger partial charge in [-0.3, -0.25) is 0 Å². The highest BCUT2D eigenvalue weighted by Crippen LogP contribution is 2.25. The quantitative estimate of drug-likeness (QED) is 0.467. The molecule has 5 heteroatoms. The smallest absolute Gasteiger partial charge is 0.372 e. The molecule has 0 unspecified atom stereocenters. The van der Waals surface area contributed by atoms with Gasteiger partial charge < -0.3 is 14.6 Å². The lowest BCUT2D eigenvalue weighted by Crippen LogP contribution is -2.07. The van der Waals surface area contributed by atoms with Crippen LogP contribution in [-0.2, 0) is 6.42 Å². The Morgan fingerprint density at radius 1 is 0.833 bits per heavy atom. The van der Waals surface area contributed by atoms with Gasteiger partial charge in [0.15, 0.2) is 0 Å². The van der Waals surface area contributed by atoms with Crippen LogP contribution in [0.4, 0.5) is 0 Å². The molecule has 2 N–H and O–H groups in total. The molecule has 0 bridgehead atoms. The van der Waals surface area contributed by atoms with Crippen LogP contribution in [0.3, 0.4) is 0 Å². The molecule has 0 atom stereocenters. The summed E-state index contributed by atoms with van der Waals surface area (Å²) in [6.45, 7) is 3.85. The third kappa shape index (κ3) is 6.38. The zero-order valence-corrected chi connectivity index (χ0v) is 14.9. The fourth-order valence-electron chi connectivity index (χ4n) is 3.05. The first kappa shape index (κ1) is 20.3. The van der Waals surface area contributed by atoms with E-state index in [1.807, 2.05) is 0 Å². The van der Waals surface area contributed by atoms with Gasteiger partial charge in [0, 0.05) is 5.56 Å². The molecule has 24 heavy (non-hydrogen) atoms. The van der Waals surface area contributed by atoms with Crippen LogP contribution in [0, 0.1) is 6.92 Å². The molecule has 0 aliphatic rings. The fourth-order valence-corrected chi connectivity index (χ4v) is 3.05. The van der Waals surface area contributed by atoms with Crippen molar-refractivity contribution in [1.82, 2.24) is 0 Å². The Morgan fingerprint density at radius 3 is 1.79 bits per heavy atom. The first-order valence-electron chi connectivity index (χ1n) is 9.07. The molecule has 0 fully saturated rings. The van der Waals surface area contributed by atoms with E-state index >= 15 is 0 Å². The molecule has 0 amide bonds. The number of carbonyl (C=O) groups is 2. The van der Waals surface area contributed by atoms with Gasteiger partial charge in [-0.1, -0.05) is 64.7 Å². The van der Waals surface area contributed by atoms with Crippen LogP contribution in [0.15, 0.2) is 4.42 Å². The minimum absolute atomic E-state index is 0.184. The van der Waals surface area contributed by atoms with E-state index in [4.69, 9.17) is 9.52 Å². The van der Waals surface area contributed by atoms with Gasteiger partial charge in [0.05, 0.1) is 0 Å². The Labute approximate surface area is 144 Å². The summed E-state index contributed by atoms with van der Waals surface area (Å²) in [6.07, 6.45) is 12.6. The zero-order chi connectivity index (χ0) is 17.9. The first-order chi connectivity index (χ1) is 11.5. The molecule has 136 valence electrons. The van der Waals surface area contributed by atoms with Crippen LogP contribution in [-0.4, -0.2) is 22.2 Å². The number of rotatable bonds is 13. The summed E-state index contributed by atoms with van der Waals surface area (Å²) in [5.41, 5.74) is 0.343. The molecule has 0 aliphatic heterocycles. The highest BCUT2D eigenvalue weighted by molar-refractivity contribution is 6.01. The third-order valence-corrected chi connectivity index (χ3v) is 4.40. The molecule has 0 aromatic carbocycles. The summed E-state index contributed by atoms with van der Waals surface area (Å²) in [6, 6.07) is 0. The fraction of sp³-hybridized carbons (Fsp3) is 0.684. The normalized spacial score (nSPS) is 10.9. The lowest BCUT2D eigenvalue weighted by Gasteiger charge is -2.03. The number of aromatic carboxylic acids is 2. The van der Waals surface area contributed by atoms with Gasteiger partial charge in [0.2, 0.25) is 5.76 Å². The van der Waals surface area contributed by atoms with E-state index in [0.717, 1.165) is 19.3 Å². The summed E-state index contributed by atoms with van der Waals surface area (Å²) < 4.78 is 5.13. The molecule has 1 aromatic rings. The molecular weight excluding hydrogens is 308 g/mol. The maximum atomic E-state index is 11.3. The van der Waals surface area contributed by atoms with Crippen molar-refractivity contribution in [3.63, 3.8) is 0 Å². The Balaban J connectivity index is 2.33. The standard InChI is InChI=1S/C19H30O5/c1-3-4-5-6-7-8-9-10-11-12-13-15-14(2)24-17(19(22)23)16(15)18(20)21/h3-13H2,1-2H3,(H,20,21)(H,22,23). The second-order valence-corrected chi connectivity index (χ2v) is 6.38. The molecule has 0 aliphatic carbocycles. The van der Waals surface area contributed by atoms with E-state index in [1.165, 1.54) is 44.9 Å². The lowest BCUT2D eigenvalue weighted by molar-refractivity contribution is 0.0624. The van der Waals surface area contributed by atoms with Crippen molar-refractivity contribution in [3.8, 4) is 0 Å². The Kier molecular flexibility index (Phi) is 9.20. The number of carboxylic acids is 2. The van der Waals surface area contributed by atoms with Crippen LogP contribution in [0.2, 0.25) is 0 Å². The average Bonchev–Trinajstić information content (AvgIpc) is 2.86. The molecular formula is C19H30O5. The van der Waals surface area contributed by atoms with Crippen LogP contribution < -0.4 is 0 Å². The number of hydrogen-bond donors (Lipinski definition) is 2. The van der Waals surface area contributed by atoms with Gasteiger partial charge in [0.25, 0.3) is 0 Å². The third-order valence-electron chi connectivity index (χ3n) is 4.40. The Morgan fingerprint density at radius 2 is 1.33 bits per heavy atom. The lowest BCUT2D eigenvalue weighted by atomic mass is 10.0. The van der Waals surface area contributed by atoms with E-state index in [1.54, 1.807) is 6.92 Å². The largest absolute Gasteiger partial charge is 0.478 e. The Bertz CT molecular complexity index is 530. The van der Waals surface area contributed by atoms with Crippen molar-refractivity contribution >= 4 is 11.9 Å². The molecule has 1 heterocycles. The van der Waals surface area contributed by atoms with Gasteiger partial charge in [-0.15, -0.1) is 0 Å². The van der Waals surface area contributed by atoms with E-state index in [0.29, 0.717) is 17.7 Å². The maximum Gasteiger partial charge on any atom is 0.372 e. The van der Waals surface area contributed by atoms with E-state index < -0.39 is 17.7 Å². The molecule has 0 radical (unpaired) electrons. The molecule has 0 saturated heterocycles. The summed E-state index contributed by atoms with van der Waals surface area (Å²) in [5.74, 6) is -2.61. The van der Waals surface area contributed by atoms with Crippen molar-refractivity contribution in [2.45, 2.75) is 84.5 Å². The number of carboxylic acid groups (broad SMARTS) is 2. The monoisotopic (exact) mass is 338 g/mol. The number of hydrogen-bond acceptors (Lipinski definition) is 3. The number of aryl methyl sites for hydroxylation is 1. The average molecular weight is 338 g/mol. The Hall–Kier alpha value is -1.78. The number of unbranched alkanes of at least 4 members (excludes halogenated alkanes) is 9. The van der Waals surface area contributed by atoms with Crippen LogP contribution in [0.1, 0.15) is 103 Å². The molecule has 1 aromatic heterocycles. The first-order valence-corrected chi connectivity index (χ1v) is 9.07. The highest BCUT2D eigenvalue weighted by Gasteiger charge is 2.27. The van der Waals surface area contributed by atoms with Gasteiger partial charge in [-0.2, -0.15) is 0 Å². The minimum atomic E-state index is -1.33. The van der Waals surface area contributed by atoms with Crippen LogP contribution in [0.25, 0.3) is 0 Å². The molecule has 0 spiro atoms. The zero-order valence-electron chi connectivity index (χ0n) is 14.9. The highest BCUT2D eigenvalue weighted by atomic mass is 16.4. The minimum Gasteiger partial charge on any atom is -0.478 e. The van der Waals surface area contributed by atoms with Gasteiger partial charge in [-0.05, 0) is 19.8 Å². The molecule has 1 rings (SSSR count). The van der Waals surface area contributed by atoms with Gasteiger partial charge >= 0.3 is 11.9 Å². The van der Waals surface area contributed by atoms with Gasteiger partial charge in [0.1, 0.15) is 11.3 Å². The summed E-state index contributed by atoms with van der Waals surface area (Å²) >= 11 is 0. The van der Waals surface area contributed by atoms with E-state index in [2.05, 4.69) is 6.92 Å². The van der Waals surface area contributed by atoms with Crippen molar-refractivity contribution in [1.29, 1.82) is 0 Å². The van der Waals surface area contributed by atoms with Crippen molar-refractivity contribution in [2.75, 3.05) is 0 Å². The predicted molar refractivity (Wildman–Crippen MR) is 92.9 cm³/mol.